The van der Waals surface area contributed by atoms with Crippen molar-refractivity contribution in [1.29, 1.82) is 0 Å². The number of hydrogen-bond donors (Lipinski definition) is 0. The van der Waals surface area contributed by atoms with Crippen LogP contribution in [0.2, 0.25) is 0 Å². The zero-order valence-electron chi connectivity index (χ0n) is 9.75. The van der Waals surface area contributed by atoms with Crippen LogP contribution in [0.25, 0.3) is 0 Å². The minimum absolute atomic E-state index is 0.107. The molecule has 1 heterocycles. The smallest absolute Gasteiger partial charge is 0.234 e. The molecule has 16 heavy (non-hydrogen) atoms. The molecule has 2 rings (SSSR count). The highest BCUT2D eigenvalue weighted by molar-refractivity contribution is 6.65. The lowest BCUT2D eigenvalue weighted by molar-refractivity contribution is 0.355. The van der Waals surface area contributed by atoms with Gasteiger partial charge in [0, 0.05) is 0 Å². The predicted molar refractivity (Wildman–Crippen MR) is 64.3 cm³/mol. The van der Waals surface area contributed by atoms with Gasteiger partial charge >= 0.3 is 0 Å². The van der Waals surface area contributed by atoms with E-state index in [1.165, 1.54) is 0 Å². The highest BCUT2D eigenvalue weighted by Gasteiger charge is 2.19. The van der Waals surface area contributed by atoms with Gasteiger partial charge in [-0.15, -0.1) is 5.10 Å². The SMILES string of the molecule is CC(C)(C)n1nnnc1[B]c1ccccc1. The molecule has 0 bridgehead atoms. The standard InChI is InChI=1S/C11H14BN4/c1-11(2,3)16-10(13-14-15-16)12-9-7-5-4-6-8-9/h4-8H,1-3H3. The van der Waals surface area contributed by atoms with E-state index in [-0.39, 0.29) is 5.54 Å². The van der Waals surface area contributed by atoms with Gasteiger partial charge < -0.3 is 0 Å². The lowest BCUT2D eigenvalue weighted by Crippen LogP contribution is -2.41. The first-order valence-corrected chi connectivity index (χ1v) is 5.26. The van der Waals surface area contributed by atoms with Crippen molar-refractivity contribution in [2.45, 2.75) is 26.3 Å². The van der Waals surface area contributed by atoms with Crippen molar-refractivity contribution in [2.75, 3.05) is 0 Å². The Bertz CT molecular complexity index is 458. The Balaban J connectivity index is 2.26. The summed E-state index contributed by atoms with van der Waals surface area (Å²) in [5, 5.41) is 11.7. The summed E-state index contributed by atoms with van der Waals surface area (Å²) in [6.45, 7) is 6.23. The van der Waals surface area contributed by atoms with E-state index >= 15 is 0 Å². The fourth-order valence-corrected chi connectivity index (χ4v) is 1.46. The first kappa shape index (κ1) is 10.9. The van der Waals surface area contributed by atoms with Gasteiger partial charge in [-0.25, -0.2) is 4.68 Å². The zero-order valence-corrected chi connectivity index (χ0v) is 9.75. The molecular formula is C11H14BN4. The highest BCUT2D eigenvalue weighted by Crippen LogP contribution is 2.07. The van der Waals surface area contributed by atoms with Crippen molar-refractivity contribution in [3.8, 4) is 0 Å². The molecule has 0 unspecified atom stereocenters. The van der Waals surface area contributed by atoms with Crippen molar-refractivity contribution < 1.29 is 0 Å². The van der Waals surface area contributed by atoms with E-state index in [0.717, 1.165) is 11.2 Å². The van der Waals surface area contributed by atoms with Crippen LogP contribution >= 0.6 is 0 Å². The van der Waals surface area contributed by atoms with E-state index in [2.05, 4.69) is 36.3 Å². The Morgan fingerprint density at radius 3 is 2.44 bits per heavy atom. The average Bonchev–Trinajstić information content (AvgIpc) is 2.67. The van der Waals surface area contributed by atoms with Crippen LogP contribution in [-0.2, 0) is 5.54 Å². The highest BCUT2D eigenvalue weighted by atomic mass is 15.6. The summed E-state index contributed by atoms with van der Waals surface area (Å²) in [5.74, 6) is 0. The van der Waals surface area contributed by atoms with Crippen LogP contribution in [0.3, 0.4) is 0 Å². The molecule has 1 aromatic heterocycles. The van der Waals surface area contributed by atoms with Gasteiger partial charge in [-0.1, -0.05) is 35.8 Å². The van der Waals surface area contributed by atoms with Crippen LogP contribution in [0, 0.1) is 0 Å². The van der Waals surface area contributed by atoms with Crippen LogP contribution in [0.5, 0.6) is 0 Å². The van der Waals surface area contributed by atoms with Crippen LogP contribution in [0.4, 0.5) is 0 Å². The fourth-order valence-electron chi connectivity index (χ4n) is 1.46. The third kappa shape index (κ3) is 2.29. The largest absolute Gasteiger partial charge is 0.245 e. The van der Waals surface area contributed by atoms with Gasteiger partial charge in [-0.2, -0.15) is 0 Å². The fraction of sp³-hybridized carbons (Fsp3) is 0.364. The molecule has 4 nitrogen and oxygen atoms in total. The summed E-state index contributed by atoms with van der Waals surface area (Å²) in [6.07, 6.45) is 0. The molecule has 0 amide bonds. The van der Waals surface area contributed by atoms with Crippen LogP contribution in [-0.4, -0.2) is 27.5 Å². The third-order valence-electron chi connectivity index (χ3n) is 2.22. The molecule has 0 saturated heterocycles. The molecule has 5 heteroatoms. The van der Waals surface area contributed by atoms with Crippen molar-refractivity contribution in [3.63, 3.8) is 0 Å². The number of tetrazole rings is 1. The maximum absolute atomic E-state index is 4.02. The van der Waals surface area contributed by atoms with Gasteiger partial charge in [0.2, 0.25) is 7.28 Å². The first-order valence-electron chi connectivity index (χ1n) is 5.26. The molecule has 0 fully saturated rings. The number of nitrogens with zero attached hydrogens (tertiary/aromatic N) is 4. The summed E-state index contributed by atoms with van der Waals surface area (Å²) < 4.78 is 1.82. The van der Waals surface area contributed by atoms with E-state index < -0.39 is 0 Å². The molecule has 81 valence electrons. The summed E-state index contributed by atoms with van der Waals surface area (Å²) in [6, 6.07) is 10.0. The summed E-state index contributed by atoms with van der Waals surface area (Å²) in [4.78, 5) is 0. The minimum atomic E-state index is -0.107. The molecule has 2 aromatic rings. The number of benzene rings is 1. The maximum Gasteiger partial charge on any atom is 0.245 e. The summed E-state index contributed by atoms with van der Waals surface area (Å²) in [7, 11) is 1.98. The van der Waals surface area contributed by atoms with Gasteiger partial charge in [0.15, 0.2) is 0 Å². The molecule has 0 N–H and O–H groups in total. The summed E-state index contributed by atoms with van der Waals surface area (Å²) >= 11 is 0. The molecule has 1 aromatic carbocycles. The van der Waals surface area contributed by atoms with Gasteiger partial charge in [-0.3, -0.25) is 0 Å². The lowest BCUT2D eigenvalue weighted by Gasteiger charge is -2.19. The van der Waals surface area contributed by atoms with E-state index in [1.807, 2.05) is 42.3 Å². The van der Waals surface area contributed by atoms with Crippen molar-refractivity contribution >= 4 is 18.5 Å². The number of aromatic nitrogens is 4. The van der Waals surface area contributed by atoms with Gasteiger partial charge in [-0.05, 0) is 31.2 Å². The Morgan fingerprint density at radius 1 is 1.12 bits per heavy atom. The van der Waals surface area contributed by atoms with Crippen LogP contribution < -0.4 is 11.2 Å². The quantitative estimate of drug-likeness (QED) is 0.663. The molecule has 0 atom stereocenters. The molecule has 0 spiro atoms. The molecule has 0 aliphatic heterocycles. The van der Waals surface area contributed by atoms with Crippen LogP contribution in [0.15, 0.2) is 30.3 Å². The maximum atomic E-state index is 4.02. The Morgan fingerprint density at radius 2 is 1.81 bits per heavy atom. The molecule has 0 aliphatic rings. The lowest BCUT2D eigenvalue weighted by atomic mass is 9.69. The number of rotatable bonds is 2. The van der Waals surface area contributed by atoms with E-state index in [4.69, 9.17) is 0 Å². The van der Waals surface area contributed by atoms with Crippen molar-refractivity contribution in [1.82, 2.24) is 20.2 Å². The molecule has 0 saturated carbocycles. The topological polar surface area (TPSA) is 43.6 Å². The van der Waals surface area contributed by atoms with Gasteiger partial charge in [0.05, 0.1) is 5.54 Å². The average molecular weight is 213 g/mol. The predicted octanol–water partition coefficient (Wildman–Crippen LogP) is 0.0831. The second kappa shape index (κ2) is 4.08. The van der Waals surface area contributed by atoms with Crippen molar-refractivity contribution in [2.24, 2.45) is 0 Å². The molecule has 0 aliphatic carbocycles. The second-order valence-corrected chi connectivity index (χ2v) is 4.67. The third-order valence-corrected chi connectivity index (χ3v) is 2.22. The monoisotopic (exact) mass is 213 g/mol. The zero-order chi connectivity index (χ0) is 11.6. The Hall–Kier alpha value is -1.65. The normalized spacial score (nSPS) is 11.4. The summed E-state index contributed by atoms with van der Waals surface area (Å²) in [5.41, 5.74) is 1.77. The van der Waals surface area contributed by atoms with Gasteiger partial charge in [0.1, 0.15) is 5.72 Å². The van der Waals surface area contributed by atoms with E-state index in [0.29, 0.717) is 0 Å². The van der Waals surface area contributed by atoms with Gasteiger partial charge in [0.25, 0.3) is 0 Å². The minimum Gasteiger partial charge on any atom is -0.234 e. The second-order valence-electron chi connectivity index (χ2n) is 4.67. The Kier molecular flexibility index (Phi) is 2.77. The van der Waals surface area contributed by atoms with Crippen molar-refractivity contribution in [3.05, 3.63) is 30.3 Å². The van der Waals surface area contributed by atoms with Crippen LogP contribution in [0.1, 0.15) is 20.8 Å². The molecular weight excluding hydrogens is 199 g/mol. The van der Waals surface area contributed by atoms with E-state index in [9.17, 15) is 0 Å². The Labute approximate surface area is 95.9 Å². The van der Waals surface area contributed by atoms with E-state index in [1.54, 1.807) is 0 Å². The molecule has 1 radical (unpaired) electrons. The number of hydrogen-bond acceptors (Lipinski definition) is 3. The first-order chi connectivity index (χ1) is 7.57.